The van der Waals surface area contributed by atoms with E-state index in [-0.39, 0.29) is 32.5 Å². The maximum atomic E-state index is 13.3. The highest BCUT2D eigenvalue weighted by Gasteiger charge is 2.58. The minimum atomic E-state index is -2.61. The van der Waals surface area contributed by atoms with Gasteiger partial charge in [-0.2, -0.15) is 0 Å². The zero-order valence-corrected chi connectivity index (χ0v) is 32.5. The van der Waals surface area contributed by atoms with Gasteiger partial charge in [0.2, 0.25) is 0 Å². The summed E-state index contributed by atoms with van der Waals surface area (Å²) in [4.78, 5) is 31.3. The van der Waals surface area contributed by atoms with Crippen LogP contribution in [0, 0.1) is 37.9 Å². The van der Waals surface area contributed by atoms with E-state index < -0.39 is 48.0 Å². The predicted molar refractivity (Wildman–Crippen MR) is 188 cm³/mol. The third-order valence-electron chi connectivity index (χ3n) is 10.8. The monoisotopic (exact) mass is 690 g/mol. The summed E-state index contributed by atoms with van der Waals surface area (Å²) < 4.78 is 3.60. The van der Waals surface area contributed by atoms with Gasteiger partial charge in [-0.1, -0.05) is 132 Å². The molecule has 0 radical (unpaired) electrons. The van der Waals surface area contributed by atoms with Crippen LogP contribution in [0.3, 0.4) is 0 Å². The Balaban J connectivity index is 0.00000135. The van der Waals surface area contributed by atoms with Crippen LogP contribution in [0.25, 0.3) is 0 Å². The van der Waals surface area contributed by atoms with E-state index in [9.17, 15) is 20.4 Å². The van der Waals surface area contributed by atoms with E-state index >= 15 is 0 Å². The molecule has 0 saturated heterocycles. The largest absolute Gasteiger partial charge is 0.395 e. The van der Waals surface area contributed by atoms with Gasteiger partial charge in [0.25, 0.3) is 0 Å². The van der Waals surface area contributed by atoms with Crippen molar-refractivity contribution >= 4 is 17.2 Å². The number of aliphatic hydroxyl groups excluding tert-OH is 3. The second kappa shape index (κ2) is 14.7. The van der Waals surface area contributed by atoms with Crippen LogP contribution in [-0.2, 0) is 4.31 Å². The highest BCUT2D eigenvalue weighted by molar-refractivity contribution is 7.53. The molecule has 2 rings (SSSR count). The second-order valence-electron chi connectivity index (χ2n) is 17.7. The van der Waals surface area contributed by atoms with E-state index in [2.05, 4.69) is 113 Å². The zero-order chi connectivity index (χ0) is 36.5. The molecular formula is C35H64O9P2. The van der Waals surface area contributed by atoms with Crippen LogP contribution < -0.4 is 0 Å². The van der Waals surface area contributed by atoms with E-state index in [0.29, 0.717) is 11.1 Å². The van der Waals surface area contributed by atoms with Gasteiger partial charge in [-0.25, -0.2) is 4.31 Å². The van der Waals surface area contributed by atoms with Gasteiger partial charge < -0.3 is 40.0 Å². The van der Waals surface area contributed by atoms with E-state index in [1.165, 1.54) is 0 Å². The van der Waals surface area contributed by atoms with Crippen LogP contribution >= 0.6 is 17.2 Å². The van der Waals surface area contributed by atoms with Crippen molar-refractivity contribution in [2.45, 2.75) is 115 Å². The minimum Gasteiger partial charge on any atom is -0.395 e. The molecular weight excluding hydrogens is 626 g/mol. The molecule has 2 atom stereocenters. The summed E-state index contributed by atoms with van der Waals surface area (Å²) in [5.74, 6) is 0. The number of aliphatic hydroxyl groups is 4. The maximum absolute atomic E-state index is 13.3. The molecule has 0 heterocycles. The van der Waals surface area contributed by atoms with Crippen LogP contribution in [0.4, 0.5) is 0 Å². The highest BCUT2D eigenvalue weighted by Crippen LogP contribution is 2.59. The average Bonchev–Trinajstić information content (AvgIpc) is 2.87. The van der Waals surface area contributed by atoms with Crippen molar-refractivity contribution in [1.29, 1.82) is 0 Å². The molecule has 0 aromatic heterocycles. The summed E-state index contributed by atoms with van der Waals surface area (Å²) in [5, 5.41) is 45.8. The van der Waals surface area contributed by atoms with Gasteiger partial charge in [0.1, 0.15) is 5.60 Å². The smallest absolute Gasteiger partial charge is 0.334 e. The first-order valence-electron chi connectivity index (χ1n) is 15.9. The first kappa shape index (κ1) is 43.5. The summed E-state index contributed by atoms with van der Waals surface area (Å²) in [6.07, 6.45) is 9.92. The van der Waals surface area contributed by atoms with Gasteiger partial charge in [-0.3, -0.25) is 0 Å². The topological polar surface area (TPSA) is 171 Å². The Kier molecular flexibility index (Phi) is 13.9. The molecule has 268 valence electrons. The fourth-order valence-electron chi connectivity index (χ4n) is 6.10. The van der Waals surface area contributed by atoms with Crippen LogP contribution in [0.5, 0.6) is 0 Å². The molecule has 0 aromatic carbocycles. The molecule has 0 saturated carbocycles. The molecule has 2 aliphatic carbocycles. The summed E-state index contributed by atoms with van der Waals surface area (Å²) >= 11 is 0. The molecule has 2 aliphatic rings. The second-order valence-corrected chi connectivity index (χ2v) is 19.4. The van der Waals surface area contributed by atoms with Gasteiger partial charge in [0.05, 0.1) is 25.2 Å². The standard InChI is InChI=1S/C35H60O4.H4O5P2/c1-28(2,3)26-19-32(13,30(7,8)9)17-15-24(26)35(39,34(21-36,22-37)23-38)25-16-18-33(14,31(10,11)12)20-27(25)29(4,5)6;1-6(2)5-7(3)4/h15-18,36-39H,19-23H2,1-14H3;1-4H. The van der Waals surface area contributed by atoms with Crippen molar-refractivity contribution in [1.82, 2.24) is 0 Å². The Morgan fingerprint density at radius 2 is 0.891 bits per heavy atom. The zero-order valence-electron chi connectivity index (χ0n) is 30.7. The lowest BCUT2D eigenvalue weighted by Crippen LogP contribution is -2.59. The Labute approximate surface area is 280 Å². The highest BCUT2D eigenvalue weighted by atomic mass is 31.2. The van der Waals surface area contributed by atoms with E-state index in [1.807, 2.05) is 12.2 Å². The molecule has 0 amide bonds. The third-order valence-corrected chi connectivity index (χ3v) is 12.0. The van der Waals surface area contributed by atoms with Crippen LogP contribution in [-0.4, -0.2) is 65.4 Å². The minimum absolute atomic E-state index is 0.0270. The number of allylic oxidation sites excluding steroid dienone is 4. The SMILES string of the molecule is CC(C)(C)C1=C(C(O)(C2=C(C(C)(C)C)CC(C)(C(C)(C)C)C=C2)C(CO)(CO)CO)C=CC(C)(C(C)(C)C)C1.OP(O)OP(O)O. The summed E-state index contributed by atoms with van der Waals surface area (Å²) in [6.45, 7) is 29.3. The van der Waals surface area contributed by atoms with Gasteiger partial charge in [-0.15, -0.1) is 0 Å². The molecule has 0 aromatic rings. The maximum Gasteiger partial charge on any atom is 0.334 e. The molecule has 9 nitrogen and oxygen atoms in total. The molecule has 0 aliphatic heterocycles. The van der Waals surface area contributed by atoms with Gasteiger partial charge in [0, 0.05) is 0 Å². The van der Waals surface area contributed by atoms with Crippen molar-refractivity contribution in [3.05, 3.63) is 46.6 Å². The van der Waals surface area contributed by atoms with Gasteiger partial charge in [0.15, 0.2) is 0 Å². The van der Waals surface area contributed by atoms with E-state index in [4.69, 9.17) is 19.6 Å². The number of hydrogen-bond donors (Lipinski definition) is 8. The molecule has 2 unspecified atom stereocenters. The van der Waals surface area contributed by atoms with Gasteiger partial charge >= 0.3 is 17.2 Å². The predicted octanol–water partition coefficient (Wildman–Crippen LogP) is 6.82. The average molecular weight is 691 g/mol. The Morgan fingerprint density at radius 3 is 1.07 bits per heavy atom. The summed E-state index contributed by atoms with van der Waals surface area (Å²) in [5.41, 5.74) is -0.826. The lowest BCUT2D eigenvalue weighted by molar-refractivity contribution is -0.113. The lowest BCUT2D eigenvalue weighted by atomic mass is 9.52. The van der Waals surface area contributed by atoms with Gasteiger partial charge in [-0.05, 0) is 56.5 Å². The normalized spacial score (nSPS) is 24.9. The first-order valence-corrected chi connectivity index (χ1v) is 18.2. The molecule has 46 heavy (non-hydrogen) atoms. The van der Waals surface area contributed by atoms with Crippen molar-refractivity contribution in [2.24, 2.45) is 37.9 Å². The van der Waals surface area contributed by atoms with Crippen molar-refractivity contribution in [2.75, 3.05) is 19.8 Å². The van der Waals surface area contributed by atoms with Crippen molar-refractivity contribution in [3.8, 4) is 0 Å². The fourth-order valence-corrected chi connectivity index (χ4v) is 6.62. The molecule has 8 N–H and O–H groups in total. The fraction of sp³-hybridized carbons (Fsp3) is 0.771. The molecule has 11 heteroatoms. The quantitative estimate of drug-likeness (QED) is 0.127. The lowest BCUT2D eigenvalue weighted by Gasteiger charge is -2.54. The van der Waals surface area contributed by atoms with Crippen LogP contribution in [0.2, 0.25) is 0 Å². The third kappa shape index (κ3) is 8.97. The van der Waals surface area contributed by atoms with Crippen LogP contribution in [0.1, 0.15) is 110 Å². The molecule has 0 bridgehead atoms. The molecule has 0 fully saturated rings. The summed E-state index contributed by atoms with van der Waals surface area (Å²) in [6, 6.07) is 0. The van der Waals surface area contributed by atoms with Crippen LogP contribution in [0.15, 0.2) is 46.6 Å². The van der Waals surface area contributed by atoms with E-state index in [1.54, 1.807) is 0 Å². The summed E-state index contributed by atoms with van der Waals surface area (Å²) in [7, 11) is -5.22. The number of rotatable bonds is 8. The first-order chi connectivity index (χ1) is 20.4. The van der Waals surface area contributed by atoms with E-state index in [0.717, 1.165) is 24.0 Å². The van der Waals surface area contributed by atoms with Crippen molar-refractivity contribution in [3.63, 3.8) is 0 Å². The van der Waals surface area contributed by atoms with Crippen molar-refractivity contribution < 1.29 is 44.3 Å². The Bertz CT molecular complexity index is 1080. The Morgan fingerprint density at radius 1 is 0.609 bits per heavy atom. The Hall–Kier alpha value is -0.540. The molecule has 0 spiro atoms. The number of hydrogen-bond acceptors (Lipinski definition) is 9.